The lowest BCUT2D eigenvalue weighted by Gasteiger charge is -2.00. The number of aryl methyl sites for hydroxylation is 1. The summed E-state index contributed by atoms with van der Waals surface area (Å²) in [6, 6.07) is 1.79. The molecule has 2 aromatic rings. The number of hydrogen-bond donors (Lipinski definition) is 3. The average Bonchev–Trinajstić information content (AvgIpc) is 2.88. The molecule has 17 heavy (non-hydrogen) atoms. The first-order chi connectivity index (χ1) is 8.17. The Morgan fingerprint density at radius 1 is 1.65 bits per heavy atom. The Labute approximate surface area is 97.2 Å². The Morgan fingerprint density at radius 2 is 2.47 bits per heavy atom. The van der Waals surface area contributed by atoms with Gasteiger partial charge in [-0.05, 0) is 6.42 Å². The molecule has 4 N–H and O–H groups in total. The third kappa shape index (κ3) is 2.80. The molecule has 1 amide bonds. The number of amides is 1. The summed E-state index contributed by atoms with van der Waals surface area (Å²) < 4.78 is 1.36. The van der Waals surface area contributed by atoms with Crippen LogP contribution in [-0.2, 0) is 17.8 Å². The number of H-pyrrole nitrogens is 1. The van der Waals surface area contributed by atoms with Crippen LogP contribution in [0.1, 0.15) is 12.6 Å². The minimum Gasteiger partial charge on any atom is -0.367 e. The second-order valence-corrected chi connectivity index (χ2v) is 3.48. The topological polar surface area (TPSA) is 115 Å². The highest BCUT2D eigenvalue weighted by molar-refractivity contribution is 5.89. The Balaban J connectivity index is 1.93. The zero-order valence-corrected chi connectivity index (χ0v) is 9.34. The first-order valence-electron chi connectivity index (χ1n) is 5.16. The standard InChI is InChI=1S/C9H13N7O/c1-2-6-3-7(14-13-6)12-8(17)4-16-5-11-9(10)15-16/h3,5H,2,4H2,1H3,(H2,10,15)(H2,12,13,14,17). The van der Waals surface area contributed by atoms with Gasteiger partial charge in [-0.2, -0.15) is 5.10 Å². The van der Waals surface area contributed by atoms with E-state index >= 15 is 0 Å². The van der Waals surface area contributed by atoms with E-state index in [4.69, 9.17) is 5.73 Å². The van der Waals surface area contributed by atoms with Gasteiger partial charge in [0.15, 0.2) is 5.82 Å². The van der Waals surface area contributed by atoms with Crippen molar-refractivity contribution in [3.05, 3.63) is 18.1 Å². The summed E-state index contributed by atoms with van der Waals surface area (Å²) in [6.45, 7) is 2.05. The molecule has 0 saturated heterocycles. The molecule has 2 heterocycles. The summed E-state index contributed by atoms with van der Waals surface area (Å²) in [5.41, 5.74) is 6.30. The van der Waals surface area contributed by atoms with E-state index in [1.54, 1.807) is 6.07 Å². The van der Waals surface area contributed by atoms with E-state index in [1.807, 2.05) is 6.92 Å². The van der Waals surface area contributed by atoms with Crippen LogP contribution in [-0.4, -0.2) is 30.9 Å². The summed E-state index contributed by atoms with van der Waals surface area (Å²) in [5, 5.41) is 13.2. The second-order valence-electron chi connectivity index (χ2n) is 3.48. The molecule has 0 spiro atoms. The zero-order valence-electron chi connectivity index (χ0n) is 9.34. The maximum Gasteiger partial charge on any atom is 0.247 e. The van der Waals surface area contributed by atoms with Gasteiger partial charge in [0.05, 0.1) is 0 Å². The van der Waals surface area contributed by atoms with Gasteiger partial charge < -0.3 is 11.1 Å². The van der Waals surface area contributed by atoms with Gasteiger partial charge in [-0.1, -0.05) is 6.92 Å². The first kappa shape index (κ1) is 11.1. The number of carbonyl (C=O) groups is 1. The van der Waals surface area contributed by atoms with Crippen molar-refractivity contribution >= 4 is 17.7 Å². The minimum absolute atomic E-state index is 0.0541. The molecule has 0 bridgehead atoms. The molecule has 8 nitrogen and oxygen atoms in total. The molecule has 0 radical (unpaired) electrons. The number of aromatic nitrogens is 5. The highest BCUT2D eigenvalue weighted by Crippen LogP contribution is 2.05. The van der Waals surface area contributed by atoms with E-state index in [2.05, 4.69) is 25.6 Å². The number of anilines is 2. The molecular weight excluding hydrogens is 222 g/mol. The number of rotatable bonds is 4. The fraction of sp³-hybridized carbons (Fsp3) is 0.333. The lowest BCUT2D eigenvalue weighted by atomic mass is 10.3. The number of nitrogen functional groups attached to an aromatic ring is 1. The SMILES string of the molecule is CCc1cc(NC(=O)Cn2cnc(N)n2)n[nH]1. The van der Waals surface area contributed by atoms with Gasteiger partial charge in [0.2, 0.25) is 11.9 Å². The number of carbonyl (C=O) groups excluding carboxylic acids is 1. The van der Waals surface area contributed by atoms with Gasteiger partial charge >= 0.3 is 0 Å². The summed E-state index contributed by atoms with van der Waals surface area (Å²) in [4.78, 5) is 15.3. The van der Waals surface area contributed by atoms with Gasteiger partial charge in [0, 0.05) is 11.8 Å². The van der Waals surface area contributed by atoms with Gasteiger partial charge in [0.25, 0.3) is 0 Å². The first-order valence-corrected chi connectivity index (χ1v) is 5.16. The molecule has 0 aliphatic rings. The van der Waals surface area contributed by atoms with E-state index in [0.717, 1.165) is 12.1 Å². The predicted octanol–water partition coefficient (Wildman–Crippen LogP) is -0.216. The quantitative estimate of drug-likeness (QED) is 0.678. The number of hydrogen-bond acceptors (Lipinski definition) is 5. The van der Waals surface area contributed by atoms with Crippen LogP contribution in [0.2, 0.25) is 0 Å². The summed E-state index contributed by atoms with van der Waals surface area (Å²) in [5.74, 6) is 0.412. The number of nitrogens with one attached hydrogen (secondary N) is 2. The zero-order chi connectivity index (χ0) is 12.3. The molecule has 0 aromatic carbocycles. The molecule has 90 valence electrons. The lowest BCUT2D eigenvalue weighted by molar-refractivity contribution is -0.116. The van der Waals surface area contributed by atoms with E-state index < -0.39 is 0 Å². The second kappa shape index (κ2) is 4.64. The minimum atomic E-state index is -0.232. The van der Waals surface area contributed by atoms with Crippen molar-refractivity contribution in [2.24, 2.45) is 0 Å². The molecule has 0 aliphatic carbocycles. The average molecular weight is 235 g/mol. The van der Waals surface area contributed by atoms with Crippen molar-refractivity contribution in [1.29, 1.82) is 0 Å². The summed E-state index contributed by atoms with van der Waals surface area (Å²) in [7, 11) is 0. The fourth-order valence-corrected chi connectivity index (χ4v) is 1.32. The van der Waals surface area contributed by atoms with Crippen molar-refractivity contribution in [1.82, 2.24) is 25.0 Å². The number of nitrogens with zero attached hydrogens (tertiary/aromatic N) is 4. The normalized spacial score (nSPS) is 10.4. The maximum atomic E-state index is 11.6. The van der Waals surface area contributed by atoms with Crippen LogP contribution < -0.4 is 11.1 Å². The highest BCUT2D eigenvalue weighted by atomic mass is 16.2. The van der Waals surface area contributed by atoms with Gasteiger partial charge in [-0.15, -0.1) is 5.10 Å². The van der Waals surface area contributed by atoms with Crippen molar-refractivity contribution in [2.75, 3.05) is 11.1 Å². The Bertz CT molecular complexity index is 515. The van der Waals surface area contributed by atoms with Crippen molar-refractivity contribution in [3.8, 4) is 0 Å². The van der Waals surface area contributed by atoms with Gasteiger partial charge in [-0.25, -0.2) is 9.67 Å². The van der Waals surface area contributed by atoms with Crippen molar-refractivity contribution in [3.63, 3.8) is 0 Å². The molecule has 0 fully saturated rings. The Morgan fingerprint density at radius 3 is 3.06 bits per heavy atom. The van der Waals surface area contributed by atoms with E-state index in [-0.39, 0.29) is 18.4 Å². The van der Waals surface area contributed by atoms with Gasteiger partial charge in [0.1, 0.15) is 12.9 Å². The number of aromatic amines is 1. The van der Waals surface area contributed by atoms with Crippen LogP contribution in [0.25, 0.3) is 0 Å². The van der Waals surface area contributed by atoms with Crippen LogP contribution >= 0.6 is 0 Å². The molecular formula is C9H13N7O. The van der Waals surface area contributed by atoms with E-state index in [9.17, 15) is 4.79 Å². The molecule has 0 aliphatic heterocycles. The van der Waals surface area contributed by atoms with E-state index in [1.165, 1.54) is 11.0 Å². The lowest BCUT2D eigenvalue weighted by Crippen LogP contribution is -2.19. The Hall–Kier alpha value is -2.38. The van der Waals surface area contributed by atoms with Crippen molar-refractivity contribution in [2.45, 2.75) is 19.9 Å². The largest absolute Gasteiger partial charge is 0.367 e. The summed E-state index contributed by atoms with van der Waals surface area (Å²) in [6.07, 6.45) is 2.24. The van der Waals surface area contributed by atoms with Crippen LogP contribution in [0, 0.1) is 0 Å². The third-order valence-electron chi connectivity index (χ3n) is 2.14. The van der Waals surface area contributed by atoms with Crippen molar-refractivity contribution < 1.29 is 4.79 Å². The molecule has 0 atom stereocenters. The van der Waals surface area contributed by atoms with E-state index in [0.29, 0.717) is 5.82 Å². The monoisotopic (exact) mass is 235 g/mol. The molecule has 0 unspecified atom stereocenters. The predicted molar refractivity (Wildman–Crippen MR) is 61.0 cm³/mol. The van der Waals surface area contributed by atoms with Crippen LogP contribution in [0.5, 0.6) is 0 Å². The number of nitrogens with two attached hydrogens (primary N) is 1. The van der Waals surface area contributed by atoms with Crippen LogP contribution in [0.3, 0.4) is 0 Å². The highest BCUT2D eigenvalue weighted by Gasteiger charge is 2.07. The Kier molecular flexibility index (Phi) is 3.03. The van der Waals surface area contributed by atoms with Crippen LogP contribution in [0.15, 0.2) is 12.4 Å². The smallest absolute Gasteiger partial charge is 0.247 e. The summed E-state index contributed by atoms with van der Waals surface area (Å²) >= 11 is 0. The molecule has 2 rings (SSSR count). The molecule has 2 aromatic heterocycles. The molecule has 0 saturated carbocycles. The van der Waals surface area contributed by atoms with Gasteiger partial charge in [-0.3, -0.25) is 9.89 Å². The van der Waals surface area contributed by atoms with Crippen LogP contribution in [0.4, 0.5) is 11.8 Å². The molecule has 8 heteroatoms. The fourth-order valence-electron chi connectivity index (χ4n) is 1.32. The third-order valence-corrected chi connectivity index (χ3v) is 2.14. The maximum absolute atomic E-state index is 11.6.